The van der Waals surface area contributed by atoms with Crippen LogP contribution in [-0.2, 0) is 19.7 Å². The molecule has 0 N–H and O–H groups in total. The normalized spacial score (nSPS) is 12.2. The molecule has 0 unspecified atom stereocenters. The van der Waals surface area contributed by atoms with Gasteiger partial charge in [-0.2, -0.15) is 8.42 Å². The number of methoxy groups -OCH3 is 1. The summed E-state index contributed by atoms with van der Waals surface area (Å²) >= 11 is 3.28. The lowest BCUT2D eigenvalue weighted by Gasteiger charge is -2.25. The largest absolute Gasteiger partial charge is 0.497 e. The van der Waals surface area contributed by atoms with Gasteiger partial charge < -0.3 is 4.74 Å². The molecule has 0 radical (unpaired) electrons. The van der Waals surface area contributed by atoms with Crippen LogP contribution in [0.3, 0.4) is 0 Å². The Balaban J connectivity index is 2.12. The van der Waals surface area contributed by atoms with Gasteiger partial charge in [0.05, 0.1) is 18.6 Å². The SMILES string of the molecule is COc1ccc(C(C)(C)COS(=O)(=O)c2ccc(Br)cc2)cc1. The third-order valence-electron chi connectivity index (χ3n) is 3.55. The molecule has 0 atom stereocenters. The molecule has 4 nitrogen and oxygen atoms in total. The van der Waals surface area contributed by atoms with Crippen LogP contribution in [0.2, 0.25) is 0 Å². The first kappa shape index (κ1) is 18.0. The first-order valence-electron chi connectivity index (χ1n) is 7.04. The number of hydrogen-bond donors (Lipinski definition) is 0. The van der Waals surface area contributed by atoms with E-state index in [1.165, 1.54) is 12.1 Å². The highest BCUT2D eigenvalue weighted by Gasteiger charge is 2.25. The van der Waals surface area contributed by atoms with Gasteiger partial charge in [0, 0.05) is 9.89 Å². The van der Waals surface area contributed by atoms with Crippen molar-refractivity contribution in [3.8, 4) is 5.75 Å². The van der Waals surface area contributed by atoms with E-state index < -0.39 is 15.5 Å². The van der Waals surface area contributed by atoms with Crippen LogP contribution in [0.1, 0.15) is 19.4 Å². The molecule has 124 valence electrons. The van der Waals surface area contributed by atoms with E-state index in [-0.39, 0.29) is 11.5 Å². The standard InChI is InChI=1S/C17H19BrO4S/c1-17(2,13-4-8-15(21-3)9-5-13)12-22-23(19,20)16-10-6-14(18)7-11-16/h4-11H,12H2,1-3H3. The van der Waals surface area contributed by atoms with Crippen molar-refractivity contribution in [2.75, 3.05) is 13.7 Å². The van der Waals surface area contributed by atoms with E-state index in [0.29, 0.717) is 0 Å². The summed E-state index contributed by atoms with van der Waals surface area (Å²) in [5.41, 5.74) is 0.527. The van der Waals surface area contributed by atoms with Gasteiger partial charge in [-0.1, -0.05) is 41.9 Å². The minimum Gasteiger partial charge on any atom is -0.497 e. The van der Waals surface area contributed by atoms with Crippen LogP contribution in [0.15, 0.2) is 57.9 Å². The third-order valence-corrected chi connectivity index (χ3v) is 5.36. The summed E-state index contributed by atoms with van der Waals surface area (Å²) in [4.78, 5) is 0.145. The highest BCUT2D eigenvalue weighted by atomic mass is 79.9. The minimum absolute atomic E-state index is 0.0533. The van der Waals surface area contributed by atoms with E-state index in [2.05, 4.69) is 15.9 Å². The van der Waals surface area contributed by atoms with Gasteiger partial charge in [0.2, 0.25) is 0 Å². The Kier molecular flexibility index (Phi) is 5.49. The van der Waals surface area contributed by atoms with Crippen LogP contribution in [0, 0.1) is 0 Å². The lowest BCUT2D eigenvalue weighted by Crippen LogP contribution is -2.26. The molecule has 0 bridgehead atoms. The molecular formula is C17H19BrO4S. The Morgan fingerprint density at radius 2 is 1.57 bits per heavy atom. The molecule has 6 heteroatoms. The molecule has 0 amide bonds. The maximum absolute atomic E-state index is 12.3. The Morgan fingerprint density at radius 3 is 2.09 bits per heavy atom. The molecular weight excluding hydrogens is 380 g/mol. The van der Waals surface area contributed by atoms with E-state index in [1.807, 2.05) is 38.1 Å². The fraction of sp³-hybridized carbons (Fsp3) is 0.294. The van der Waals surface area contributed by atoms with E-state index in [9.17, 15) is 8.42 Å². The lowest BCUT2D eigenvalue weighted by atomic mass is 9.86. The summed E-state index contributed by atoms with van der Waals surface area (Å²) in [6.07, 6.45) is 0. The van der Waals surface area contributed by atoms with Crippen LogP contribution in [-0.4, -0.2) is 22.1 Å². The van der Waals surface area contributed by atoms with E-state index >= 15 is 0 Å². The van der Waals surface area contributed by atoms with Gasteiger partial charge in [-0.15, -0.1) is 0 Å². The highest BCUT2D eigenvalue weighted by molar-refractivity contribution is 9.10. The van der Waals surface area contributed by atoms with Gasteiger partial charge in [0.15, 0.2) is 0 Å². The van der Waals surface area contributed by atoms with Gasteiger partial charge >= 0.3 is 0 Å². The Morgan fingerprint density at radius 1 is 1.00 bits per heavy atom. The van der Waals surface area contributed by atoms with Gasteiger partial charge in [0.1, 0.15) is 5.75 Å². The molecule has 2 rings (SSSR count). The molecule has 0 saturated carbocycles. The molecule has 0 aliphatic carbocycles. The molecule has 0 heterocycles. The average molecular weight is 399 g/mol. The van der Waals surface area contributed by atoms with Gasteiger partial charge in [-0.05, 0) is 42.0 Å². The Bertz CT molecular complexity index is 750. The summed E-state index contributed by atoms with van der Waals surface area (Å²) in [5, 5.41) is 0. The van der Waals surface area contributed by atoms with Gasteiger partial charge in [-0.25, -0.2) is 0 Å². The van der Waals surface area contributed by atoms with Crippen LogP contribution in [0.4, 0.5) is 0 Å². The summed E-state index contributed by atoms with van der Waals surface area (Å²) in [6.45, 7) is 3.93. The number of benzene rings is 2. The zero-order valence-corrected chi connectivity index (χ0v) is 15.6. The molecule has 23 heavy (non-hydrogen) atoms. The number of ether oxygens (including phenoxy) is 1. The van der Waals surface area contributed by atoms with Crippen molar-refractivity contribution in [2.45, 2.75) is 24.2 Å². The maximum atomic E-state index is 12.3. The number of hydrogen-bond acceptors (Lipinski definition) is 4. The molecule has 0 fully saturated rings. The van der Waals surface area contributed by atoms with Crippen molar-refractivity contribution in [3.05, 3.63) is 58.6 Å². The Labute approximate surface area is 145 Å². The summed E-state index contributed by atoms with van der Waals surface area (Å²) in [5.74, 6) is 0.757. The fourth-order valence-corrected chi connectivity index (χ4v) is 3.34. The Hall–Kier alpha value is -1.37. The molecule has 0 saturated heterocycles. The van der Waals surface area contributed by atoms with Crippen LogP contribution in [0.25, 0.3) is 0 Å². The summed E-state index contributed by atoms with van der Waals surface area (Å²) in [7, 11) is -2.17. The van der Waals surface area contributed by atoms with E-state index in [1.54, 1.807) is 19.2 Å². The summed E-state index contributed by atoms with van der Waals surface area (Å²) < 4.78 is 35.7. The van der Waals surface area contributed by atoms with Gasteiger partial charge in [0.25, 0.3) is 10.1 Å². The molecule has 2 aromatic carbocycles. The second-order valence-corrected chi connectivity index (χ2v) is 8.31. The zero-order valence-electron chi connectivity index (χ0n) is 13.2. The van der Waals surface area contributed by atoms with Crippen molar-refractivity contribution in [3.63, 3.8) is 0 Å². The van der Waals surface area contributed by atoms with Crippen molar-refractivity contribution in [2.24, 2.45) is 0 Å². The van der Waals surface area contributed by atoms with E-state index in [0.717, 1.165) is 15.8 Å². The zero-order chi connectivity index (χ0) is 17.1. The molecule has 0 aromatic heterocycles. The fourth-order valence-electron chi connectivity index (χ4n) is 2.02. The van der Waals surface area contributed by atoms with Gasteiger partial charge in [-0.3, -0.25) is 4.18 Å². The molecule has 2 aromatic rings. The number of rotatable bonds is 6. The van der Waals surface area contributed by atoms with Crippen LogP contribution in [0.5, 0.6) is 5.75 Å². The van der Waals surface area contributed by atoms with Crippen molar-refractivity contribution < 1.29 is 17.3 Å². The topological polar surface area (TPSA) is 52.6 Å². The number of halogens is 1. The maximum Gasteiger partial charge on any atom is 0.297 e. The highest BCUT2D eigenvalue weighted by Crippen LogP contribution is 2.27. The second kappa shape index (κ2) is 7.03. The van der Waals surface area contributed by atoms with Crippen LogP contribution >= 0.6 is 15.9 Å². The summed E-state index contributed by atoms with van der Waals surface area (Å²) in [6, 6.07) is 13.9. The predicted octanol–water partition coefficient (Wildman–Crippen LogP) is 4.14. The van der Waals surface area contributed by atoms with Crippen molar-refractivity contribution >= 4 is 26.0 Å². The average Bonchev–Trinajstić information content (AvgIpc) is 2.54. The van der Waals surface area contributed by atoms with Crippen molar-refractivity contribution in [1.82, 2.24) is 0 Å². The van der Waals surface area contributed by atoms with E-state index in [4.69, 9.17) is 8.92 Å². The molecule has 0 aliphatic rings. The third kappa shape index (κ3) is 4.56. The first-order chi connectivity index (χ1) is 10.7. The van der Waals surface area contributed by atoms with Crippen LogP contribution < -0.4 is 4.74 Å². The lowest BCUT2D eigenvalue weighted by molar-refractivity contribution is 0.245. The second-order valence-electron chi connectivity index (χ2n) is 5.78. The molecule has 0 spiro atoms. The predicted molar refractivity (Wildman–Crippen MR) is 93.3 cm³/mol. The molecule has 0 aliphatic heterocycles. The minimum atomic E-state index is -3.78. The monoisotopic (exact) mass is 398 g/mol. The first-order valence-corrected chi connectivity index (χ1v) is 9.24. The smallest absolute Gasteiger partial charge is 0.297 e. The quantitative estimate of drug-likeness (QED) is 0.686. The van der Waals surface area contributed by atoms with Crippen molar-refractivity contribution in [1.29, 1.82) is 0 Å².